The zero-order valence-corrected chi connectivity index (χ0v) is 17.4. The third kappa shape index (κ3) is 5.79. The van der Waals surface area contributed by atoms with Gasteiger partial charge in [-0.25, -0.2) is 4.98 Å². The van der Waals surface area contributed by atoms with Crippen molar-refractivity contribution in [3.8, 4) is 5.75 Å². The number of carbonyl (C=O) groups excluding carboxylic acids is 2. The molecule has 1 fully saturated rings. The van der Waals surface area contributed by atoms with Crippen LogP contribution < -0.4 is 15.4 Å². The first-order chi connectivity index (χ1) is 13.4. The Morgan fingerprint density at radius 2 is 1.68 bits per heavy atom. The van der Waals surface area contributed by atoms with Crippen LogP contribution in [-0.2, 0) is 11.4 Å². The largest absolute Gasteiger partial charge is 0.486 e. The Kier molecular flexibility index (Phi) is 6.67. The summed E-state index contributed by atoms with van der Waals surface area (Å²) in [6.07, 6.45) is 3.50. The molecular weight excluding hydrogens is 374 g/mol. The molecule has 7 heteroatoms. The topological polar surface area (TPSA) is 80.3 Å². The second-order valence-corrected chi connectivity index (χ2v) is 8.40. The average Bonchev–Trinajstić information content (AvgIpc) is 3.10. The molecule has 1 saturated carbocycles. The van der Waals surface area contributed by atoms with E-state index < -0.39 is 0 Å². The molecule has 1 heterocycles. The number of hydrogen-bond acceptors (Lipinski definition) is 5. The summed E-state index contributed by atoms with van der Waals surface area (Å²) in [4.78, 5) is 28.0. The van der Waals surface area contributed by atoms with Gasteiger partial charge in [-0.2, -0.15) is 0 Å². The maximum Gasteiger partial charge on any atom is 0.270 e. The van der Waals surface area contributed by atoms with Gasteiger partial charge in [0, 0.05) is 24.4 Å². The molecule has 0 unspecified atom stereocenters. The highest BCUT2D eigenvalue weighted by molar-refractivity contribution is 7.09. The standard InChI is InChI=1S/C21H27N3O3S/c1-13-8-14(2)10-18(9-13)27-11-20-24-19(12-28-20)21(26)23-17-6-4-16(5-7-17)22-15(3)25/h8-10,12,16-17H,4-7,11H2,1-3H3,(H,22,25)(H,23,26). The minimum atomic E-state index is -0.142. The smallest absolute Gasteiger partial charge is 0.270 e. The van der Waals surface area contributed by atoms with Crippen LogP contribution in [0.5, 0.6) is 5.75 Å². The highest BCUT2D eigenvalue weighted by Gasteiger charge is 2.24. The van der Waals surface area contributed by atoms with Crippen LogP contribution in [0, 0.1) is 13.8 Å². The Morgan fingerprint density at radius 3 is 2.29 bits per heavy atom. The van der Waals surface area contributed by atoms with E-state index in [4.69, 9.17) is 4.74 Å². The van der Waals surface area contributed by atoms with Gasteiger partial charge in [0.05, 0.1) is 0 Å². The van der Waals surface area contributed by atoms with Crippen molar-refractivity contribution in [2.24, 2.45) is 0 Å². The van der Waals surface area contributed by atoms with E-state index in [9.17, 15) is 9.59 Å². The first-order valence-electron chi connectivity index (χ1n) is 9.62. The van der Waals surface area contributed by atoms with Gasteiger partial charge in [0.2, 0.25) is 5.91 Å². The number of aromatic nitrogens is 1. The lowest BCUT2D eigenvalue weighted by Gasteiger charge is -2.29. The van der Waals surface area contributed by atoms with E-state index in [2.05, 4.69) is 21.7 Å². The molecule has 0 bridgehead atoms. The van der Waals surface area contributed by atoms with E-state index in [-0.39, 0.29) is 23.9 Å². The van der Waals surface area contributed by atoms with E-state index in [0.717, 1.165) is 47.6 Å². The van der Waals surface area contributed by atoms with Gasteiger partial charge in [-0.05, 0) is 62.8 Å². The minimum Gasteiger partial charge on any atom is -0.486 e. The summed E-state index contributed by atoms with van der Waals surface area (Å²) in [5.74, 6) is 0.678. The minimum absolute atomic E-state index is 0.00512. The van der Waals surface area contributed by atoms with Gasteiger partial charge in [-0.1, -0.05) is 6.07 Å². The Morgan fingerprint density at radius 1 is 1.07 bits per heavy atom. The van der Waals surface area contributed by atoms with Crippen LogP contribution >= 0.6 is 11.3 Å². The molecule has 2 aromatic rings. The number of thiazole rings is 1. The number of nitrogens with one attached hydrogen (secondary N) is 2. The van der Waals surface area contributed by atoms with Crippen LogP contribution in [0.2, 0.25) is 0 Å². The Hall–Kier alpha value is -2.41. The third-order valence-electron chi connectivity index (χ3n) is 4.81. The third-order valence-corrected chi connectivity index (χ3v) is 5.63. The summed E-state index contributed by atoms with van der Waals surface area (Å²) in [6, 6.07) is 6.44. The van der Waals surface area contributed by atoms with Crippen molar-refractivity contribution in [2.75, 3.05) is 0 Å². The summed E-state index contributed by atoms with van der Waals surface area (Å²) in [5.41, 5.74) is 2.75. The van der Waals surface area contributed by atoms with Gasteiger partial charge >= 0.3 is 0 Å². The summed E-state index contributed by atoms with van der Waals surface area (Å²) >= 11 is 1.43. The molecule has 2 amide bonds. The van der Waals surface area contributed by atoms with E-state index in [1.165, 1.54) is 18.3 Å². The lowest BCUT2D eigenvalue weighted by Crippen LogP contribution is -2.43. The summed E-state index contributed by atoms with van der Waals surface area (Å²) in [6.45, 7) is 5.96. The highest BCUT2D eigenvalue weighted by Crippen LogP contribution is 2.21. The van der Waals surface area contributed by atoms with E-state index >= 15 is 0 Å². The van der Waals surface area contributed by atoms with Crippen LogP contribution in [-0.4, -0.2) is 28.9 Å². The number of ether oxygens (including phenoxy) is 1. The predicted molar refractivity (Wildman–Crippen MR) is 110 cm³/mol. The molecule has 150 valence electrons. The molecule has 3 rings (SSSR count). The second-order valence-electron chi connectivity index (χ2n) is 7.46. The monoisotopic (exact) mass is 401 g/mol. The van der Waals surface area contributed by atoms with Crippen LogP contribution in [0.1, 0.15) is 59.2 Å². The summed E-state index contributed by atoms with van der Waals surface area (Å²) in [5, 5.41) is 8.56. The Labute approximate surface area is 169 Å². The van der Waals surface area contributed by atoms with Crippen LogP contribution in [0.3, 0.4) is 0 Å². The molecule has 0 atom stereocenters. The maximum atomic E-state index is 12.5. The van der Waals surface area contributed by atoms with Gasteiger partial charge in [0.25, 0.3) is 5.91 Å². The number of aryl methyl sites for hydroxylation is 2. The summed E-state index contributed by atoms with van der Waals surface area (Å²) in [7, 11) is 0. The number of benzene rings is 1. The number of hydrogen-bond donors (Lipinski definition) is 2. The number of carbonyl (C=O) groups is 2. The SMILES string of the molecule is CC(=O)NC1CCC(NC(=O)c2csc(COc3cc(C)cc(C)c3)n2)CC1. The van der Waals surface area contributed by atoms with Gasteiger partial charge in [-0.3, -0.25) is 9.59 Å². The van der Waals surface area contributed by atoms with Gasteiger partial charge in [0.1, 0.15) is 23.1 Å². The van der Waals surface area contributed by atoms with Crippen molar-refractivity contribution in [3.63, 3.8) is 0 Å². The maximum absolute atomic E-state index is 12.5. The molecule has 0 aliphatic heterocycles. The van der Waals surface area contributed by atoms with Crippen LogP contribution in [0.15, 0.2) is 23.6 Å². The van der Waals surface area contributed by atoms with Gasteiger partial charge in [0.15, 0.2) is 0 Å². The zero-order chi connectivity index (χ0) is 20.1. The molecule has 1 aliphatic rings. The Bertz CT molecular complexity index is 821. The lowest BCUT2D eigenvalue weighted by molar-refractivity contribution is -0.119. The van der Waals surface area contributed by atoms with Gasteiger partial charge < -0.3 is 15.4 Å². The van der Waals surface area contributed by atoms with E-state index in [0.29, 0.717) is 12.3 Å². The molecule has 0 spiro atoms. The van der Waals surface area contributed by atoms with Gasteiger partial charge in [-0.15, -0.1) is 11.3 Å². The predicted octanol–water partition coefficient (Wildman–Crippen LogP) is 3.52. The number of rotatable bonds is 6. The van der Waals surface area contributed by atoms with Crippen molar-refractivity contribution in [3.05, 3.63) is 45.4 Å². The van der Waals surface area contributed by atoms with Crippen molar-refractivity contribution in [1.29, 1.82) is 0 Å². The molecule has 0 radical (unpaired) electrons. The van der Waals surface area contributed by atoms with E-state index in [1.54, 1.807) is 5.38 Å². The molecule has 0 saturated heterocycles. The average molecular weight is 402 g/mol. The fraction of sp³-hybridized carbons (Fsp3) is 0.476. The molecule has 1 aliphatic carbocycles. The summed E-state index contributed by atoms with van der Waals surface area (Å²) < 4.78 is 5.82. The van der Waals surface area contributed by atoms with E-state index in [1.807, 2.05) is 26.0 Å². The van der Waals surface area contributed by atoms with Crippen molar-refractivity contribution < 1.29 is 14.3 Å². The molecule has 1 aromatic carbocycles. The second kappa shape index (κ2) is 9.19. The van der Waals surface area contributed by atoms with Crippen molar-refractivity contribution in [1.82, 2.24) is 15.6 Å². The van der Waals surface area contributed by atoms with Crippen molar-refractivity contribution >= 4 is 23.2 Å². The van der Waals surface area contributed by atoms with Crippen molar-refractivity contribution in [2.45, 2.75) is 65.1 Å². The first-order valence-corrected chi connectivity index (χ1v) is 10.5. The van der Waals surface area contributed by atoms with Crippen LogP contribution in [0.4, 0.5) is 0 Å². The first kappa shape index (κ1) is 20.3. The molecule has 6 nitrogen and oxygen atoms in total. The number of amides is 2. The molecule has 2 N–H and O–H groups in total. The highest BCUT2D eigenvalue weighted by atomic mass is 32.1. The zero-order valence-electron chi connectivity index (χ0n) is 16.6. The molecular formula is C21H27N3O3S. The van der Waals surface area contributed by atoms with Crippen LogP contribution in [0.25, 0.3) is 0 Å². The Balaban J connectivity index is 1.48. The fourth-order valence-corrected chi connectivity index (χ4v) is 4.26. The fourth-order valence-electron chi connectivity index (χ4n) is 3.57. The number of nitrogens with zero attached hydrogens (tertiary/aromatic N) is 1. The normalized spacial score (nSPS) is 19.1. The molecule has 1 aromatic heterocycles. The molecule has 28 heavy (non-hydrogen) atoms. The lowest BCUT2D eigenvalue weighted by atomic mass is 9.91. The quantitative estimate of drug-likeness (QED) is 0.776.